The van der Waals surface area contributed by atoms with E-state index in [1.807, 2.05) is 12.1 Å². The van der Waals surface area contributed by atoms with Crippen molar-refractivity contribution in [2.75, 3.05) is 6.61 Å². The number of nitrogens with one attached hydrogen (secondary N) is 1. The molecule has 0 radical (unpaired) electrons. The molecule has 1 atom stereocenters. The van der Waals surface area contributed by atoms with Crippen molar-refractivity contribution in [1.29, 1.82) is 0 Å². The van der Waals surface area contributed by atoms with Crippen LogP contribution in [0, 0.1) is 0 Å². The minimum absolute atomic E-state index is 0.340. The second kappa shape index (κ2) is 5.58. The number of fused-ring (bicyclic) bond motifs is 1. The Kier molecular flexibility index (Phi) is 3.81. The lowest BCUT2D eigenvalue weighted by Crippen LogP contribution is -2.30. The number of pyridine rings is 1. The fraction of sp³-hybridized carbons (Fsp3) is 0.214. The number of benzene rings is 1. The van der Waals surface area contributed by atoms with Gasteiger partial charge in [0.05, 0.1) is 28.4 Å². The SMILES string of the molecule is NNC(c1cccc2c1OCC2)c1ncc(Cl)cc1Cl. The highest BCUT2D eigenvalue weighted by atomic mass is 35.5. The summed E-state index contributed by atoms with van der Waals surface area (Å²) >= 11 is 12.1. The summed E-state index contributed by atoms with van der Waals surface area (Å²) in [6.45, 7) is 0.686. The Bertz CT molecular complexity index is 648. The molecule has 0 bridgehead atoms. The lowest BCUT2D eigenvalue weighted by Gasteiger charge is -2.19. The van der Waals surface area contributed by atoms with Crippen LogP contribution >= 0.6 is 23.2 Å². The zero-order valence-electron chi connectivity index (χ0n) is 10.6. The van der Waals surface area contributed by atoms with E-state index in [1.165, 1.54) is 5.56 Å². The van der Waals surface area contributed by atoms with Gasteiger partial charge in [0, 0.05) is 18.2 Å². The van der Waals surface area contributed by atoms with Crippen molar-refractivity contribution in [2.45, 2.75) is 12.5 Å². The number of nitrogens with two attached hydrogens (primary N) is 1. The highest BCUT2D eigenvalue weighted by molar-refractivity contribution is 6.34. The fourth-order valence-corrected chi connectivity index (χ4v) is 2.91. The molecule has 1 aliphatic heterocycles. The summed E-state index contributed by atoms with van der Waals surface area (Å²) in [6, 6.07) is 7.31. The molecular formula is C14H13Cl2N3O. The van der Waals surface area contributed by atoms with E-state index in [2.05, 4.69) is 16.5 Å². The van der Waals surface area contributed by atoms with Crippen LogP contribution in [-0.4, -0.2) is 11.6 Å². The van der Waals surface area contributed by atoms with Crippen LogP contribution in [0.4, 0.5) is 0 Å². The zero-order chi connectivity index (χ0) is 14.1. The molecule has 1 aromatic carbocycles. The van der Waals surface area contributed by atoms with Crippen molar-refractivity contribution in [2.24, 2.45) is 5.84 Å². The third kappa shape index (κ3) is 2.36. The van der Waals surface area contributed by atoms with Crippen molar-refractivity contribution in [3.63, 3.8) is 0 Å². The molecule has 4 nitrogen and oxygen atoms in total. The first-order valence-electron chi connectivity index (χ1n) is 6.22. The molecule has 0 saturated carbocycles. The number of halogens is 2. The van der Waals surface area contributed by atoms with E-state index in [9.17, 15) is 0 Å². The molecule has 0 fully saturated rings. The largest absolute Gasteiger partial charge is 0.493 e. The summed E-state index contributed by atoms with van der Waals surface area (Å²) < 4.78 is 5.70. The van der Waals surface area contributed by atoms with Gasteiger partial charge in [0.15, 0.2) is 0 Å². The maximum absolute atomic E-state index is 6.22. The van der Waals surface area contributed by atoms with Gasteiger partial charge in [-0.1, -0.05) is 41.4 Å². The van der Waals surface area contributed by atoms with Crippen molar-refractivity contribution in [3.8, 4) is 5.75 Å². The molecule has 1 aromatic heterocycles. The number of hydrazine groups is 1. The van der Waals surface area contributed by atoms with Gasteiger partial charge in [-0.2, -0.15) is 0 Å². The van der Waals surface area contributed by atoms with E-state index in [0.717, 1.165) is 17.7 Å². The summed E-state index contributed by atoms with van der Waals surface area (Å²) in [5.74, 6) is 6.56. The Morgan fingerprint density at radius 2 is 2.20 bits per heavy atom. The summed E-state index contributed by atoms with van der Waals surface area (Å²) in [4.78, 5) is 4.29. The second-order valence-electron chi connectivity index (χ2n) is 4.55. The smallest absolute Gasteiger partial charge is 0.127 e. The normalized spacial score (nSPS) is 14.8. The van der Waals surface area contributed by atoms with Crippen LogP contribution in [0.25, 0.3) is 0 Å². The fourth-order valence-electron chi connectivity index (χ4n) is 2.42. The number of rotatable bonds is 3. The lowest BCUT2D eigenvalue weighted by atomic mass is 9.99. The van der Waals surface area contributed by atoms with Crippen LogP contribution in [0.1, 0.15) is 22.9 Å². The van der Waals surface area contributed by atoms with E-state index in [-0.39, 0.29) is 6.04 Å². The van der Waals surface area contributed by atoms with Crippen molar-refractivity contribution in [1.82, 2.24) is 10.4 Å². The van der Waals surface area contributed by atoms with Crippen molar-refractivity contribution in [3.05, 3.63) is 57.3 Å². The molecule has 3 N–H and O–H groups in total. The van der Waals surface area contributed by atoms with E-state index < -0.39 is 0 Å². The average molecular weight is 310 g/mol. The Morgan fingerprint density at radius 3 is 2.95 bits per heavy atom. The Labute approximate surface area is 126 Å². The van der Waals surface area contributed by atoms with Crippen molar-refractivity contribution >= 4 is 23.2 Å². The van der Waals surface area contributed by atoms with Gasteiger partial charge >= 0.3 is 0 Å². The standard InChI is InChI=1S/C14H13Cl2N3O/c15-9-6-11(16)13(18-7-9)12(19-17)10-3-1-2-8-4-5-20-14(8)10/h1-3,6-7,12,19H,4-5,17H2. The molecule has 3 rings (SSSR count). The Hall–Kier alpha value is -1.33. The van der Waals surface area contributed by atoms with Crippen LogP contribution in [0.15, 0.2) is 30.5 Å². The van der Waals surface area contributed by atoms with Crippen LogP contribution < -0.4 is 16.0 Å². The molecule has 20 heavy (non-hydrogen) atoms. The third-order valence-electron chi connectivity index (χ3n) is 3.33. The van der Waals surface area contributed by atoms with E-state index in [0.29, 0.717) is 22.3 Å². The molecule has 2 heterocycles. The number of aromatic nitrogens is 1. The molecule has 0 aliphatic carbocycles. The van der Waals surface area contributed by atoms with E-state index in [4.69, 9.17) is 33.8 Å². The summed E-state index contributed by atoms with van der Waals surface area (Å²) in [7, 11) is 0. The number of hydrogen-bond donors (Lipinski definition) is 2. The molecule has 0 amide bonds. The number of nitrogens with zero attached hydrogens (tertiary/aromatic N) is 1. The monoisotopic (exact) mass is 309 g/mol. The Morgan fingerprint density at radius 1 is 1.35 bits per heavy atom. The third-order valence-corrected chi connectivity index (χ3v) is 3.84. The van der Waals surface area contributed by atoms with Gasteiger partial charge in [0.2, 0.25) is 0 Å². The molecule has 1 aliphatic rings. The molecule has 2 aromatic rings. The Balaban J connectivity index is 2.09. The van der Waals surface area contributed by atoms with Gasteiger partial charge in [-0.15, -0.1) is 0 Å². The highest BCUT2D eigenvalue weighted by Gasteiger charge is 2.25. The molecule has 0 saturated heterocycles. The topological polar surface area (TPSA) is 60.2 Å². The number of para-hydroxylation sites is 1. The van der Waals surface area contributed by atoms with Crippen molar-refractivity contribution < 1.29 is 4.74 Å². The van der Waals surface area contributed by atoms with E-state index in [1.54, 1.807) is 12.3 Å². The lowest BCUT2D eigenvalue weighted by molar-refractivity contribution is 0.350. The summed E-state index contributed by atoms with van der Waals surface area (Å²) in [5, 5.41) is 0.958. The first-order chi connectivity index (χ1) is 9.70. The van der Waals surface area contributed by atoms with Crippen LogP contribution in [0.5, 0.6) is 5.75 Å². The quantitative estimate of drug-likeness (QED) is 0.676. The van der Waals surface area contributed by atoms with Gasteiger partial charge in [0.1, 0.15) is 5.75 Å². The molecule has 1 unspecified atom stereocenters. The molecule has 6 heteroatoms. The number of hydrogen-bond acceptors (Lipinski definition) is 4. The van der Waals surface area contributed by atoms with Gasteiger partial charge in [-0.05, 0) is 11.6 Å². The van der Waals surface area contributed by atoms with Gasteiger partial charge in [0.25, 0.3) is 0 Å². The maximum atomic E-state index is 6.22. The predicted molar refractivity (Wildman–Crippen MR) is 79.1 cm³/mol. The zero-order valence-corrected chi connectivity index (χ0v) is 12.1. The molecular weight excluding hydrogens is 297 g/mol. The maximum Gasteiger partial charge on any atom is 0.127 e. The van der Waals surface area contributed by atoms with Gasteiger partial charge < -0.3 is 4.74 Å². The minimum Gasteiger partial charge on any atom is -0.493 e. The van der Waals surface area contributed by atoms with Crippen LogP contribution in [-0.2, 0) is 6.42 Å². The first kappa shape index (κ1) is 13.6. The summed E-state index contributed by atoms with van der Waals surface area (Å²) in [6.07, 6.45) is 2.46. The van der Waals surface area contributed by atoms with E-state index >= 15 is 0 Å². The minimum atomic E-state index is -0.340. The average Bonchev–Trinajstić information content (AvgIpc) is 2.91. The van der Waals surface area contributed by atoms with Crippen LogP contribution in [0.3, 0.4) is 0 Å². The number of ether oxygens (including phenoxy) is 1. The molecule has 0 spiro atoms. The first-order valence-corrected chi connectivity index (χ1v) is 6.98. The summed E-state index contributed by atoms with van der Waals surface area (Å²) in [5.41, 5.74) is 5.49. The van der Waals surface area contributed by atoms with Gasteiger partial charge in [-0.3, -0.25) is 10.8 Å². The highest BCUT2D eigenvalue weighted by Crippen LogP contribution is 2.37. The second-order valence-corrected chi connectivity index (χ2v) is 5.40. The molecule has 104 valence electrons. The predicted octanol–water partition coefficient (Wildman–Crippen LogP) is 2.88. The van der Waals surface area contributed by atoms with Gasteiger partial charge in [-0.25, -0.2) is 5.43 Å². The van der Waals surface area contributed by atoms with Crippen LogP contribution in [0.2, 0.25) is 10.0 Å².